The third-order valence-electron chi connectivity index (χ3n) is 2.07. The van der Waals surface area contributed by atoms with Crippen LogP contribution in [0.4, 0.5) is 0 Å². The summed E-state index contributed by atoms with van der Waals surface area (Å²) in [5.74, 6) is 0.430. The van der Waals surface area contributed by atoms with Gasteiger partial charge in [-0.1, -0.05) is 28.1 Å². The van der Waals surface area contributed by atoms with Crippen molar-refractivity contribution in [3.8, 4) is 5.75 Å². The first-order valence-corrected chi connectivity index (χ1v) is 5.30. The minimum Gasteiger partial charge on any atom is -0.496 e. The Morgan fingerprint density at radius 3 is 2.67 bits per heavy atom. The molecule has 0 N–H and O–H groups in total. The number of hydrogen-bond donors (Lipinski definition) is 0. The van der Waals surface area contributed by atoms with Crippen LogP contribution in [0.5, 0.6) is 5.75 Å². The van der Waals surface area contributed by atoms with E-state index in [1.54, 1.807) is 18.2 Å². The van der Waals surface area contributed by atoms with Gasteiger partial charge in [-0.15, -0.1) is 0 Å². The van der Waals surface area contributed by atoms with E-state index < -0.39 is 4.83 Å². The van der Waals surface area contributed by atoms with Gasteiger partial charge in [0.25, 0.3) is 0 Å². The van der Waals surface area contributed by atoms with Crippen molar-refractivity contribution in [1.82, 2.24) is 0 Å². The van der Waals surface area contributed by atoms with Crippen molar-refractivity contribution in [3.63, 3.8) is 0 Å². The predicted molar refractivity (Wildman–Crippen MR) is 60.7 cm³/mol. The molecule has 0 aromatic heterocycles. The molecule has 0 radical (unpaired) electrons. The maximum absolute atomic E-state index is 11.2. The zero-order chi connectivity index (χ0) is 11.4. The highest BCUT2D eigenvalue weighted by atomic mass is 79.9. The van der Waals surface area contributed by atoms with E-state index in [0.717, 1.165) is 0 Å². The second-order valence-electron chi connectivity index (χ2n) is 3.05. The molecule has 1 aromatic carbocycles. The van der Waals surface area contributed by atoms with Crippen LogP contribution in [0.15, 0.2) is 18.2 Å². The molecule has 0 amide bonds. The molecule has 80 valence electrons. The summed E-state index contributed by atoms with van der Waals surface area (Å²) in [7, 11) is 1.49. The summed E-state index contributed by atoms with van der Waals surface area (Å²) >= 11 is 3.24. The minimum atomic E-state index is -0.465. The van der Waals surface area contributed by atoms with Gasteiger partial charge in [0.2, 0.25) is 0 Å². The Morgan fingerprint density at radius 1 is 1.53 bits per heavy atom. The Labute approximate surface area is 96.6 Å². The molecular formula is C11H11BrO3. The highest BCUT2D eigenvalue weighted by Gasteiger charge is 2.18. The largest absolute Gasteiger partial charge is 0.496 e. The first-order valence-electron chi connectivity index (χ1n) is 4.38. The van der Waals surface area contributed by atoms with Crippen molar-refractivity contribution in [2.45, 2.75) is 11.8 Å². The number of hydrogen-bond acceptors (Lipinski definition) is 3. The van der Waals surface area contributed by atoms with Crippen LogP contribution in [0.3, 0.4) is 0 Å². The molecule has 0 fully saturated rings. The van der Waals surface area contributed by atoms with E-state index >= 15 is 0 Å². The first kappa shape index (κ1) is 11.9. The number of alkyl halides is 1. The topological polar surface area (TPSA) is 43.4 Å². The van der Waals surface area contributed by atoms with Crippen LogP contribution in [0.1, 0.15) is 27.7 Å². The number of carbonyl (C=O) groups excluding carboxylic acids is 2. The lowest BCUT2D eigenvalue weighted by atomic mass is 10.0. The molecule has 0 aliphatic heterocycles. The lowest BCUT2D eigenvalue weighted by Gasteiger charge is -2.11. The Balaban J connectivity index is 3.28. The smallest absolute Gasteiger partial charge is 0.154 e. The standard InChI is InChI=1S/C11H11BrO3/c1-7(14)11(12)8-4-3-5-10(15-2)9(8)6-13/h3-6,11H,1-2H3. The highest BCUT2D eigenvalue weighted by Crippen LogP contribution is 2.30. The van der Waals surface area contributed by atoms with Crippen molar-refractivity contribution in [1.29, 1.82) is 0 Å². The van der Waals surface area contributed by atoms with E-state index in [1.807, 2.05) is 0 Å². The number of methoxy groups -OCH3 is 1. The van der Waals surface area contributed by atoms with Crippen LogP contribution in [0, 0.1) is 0 Å². The van der Waals surface area contributed by atoms with Gasteiger partial charge in [0, 0.05) is 0 Å². The lowest BCUT2D eigenvalue weighted by molar-refractivity contribution is -0.116. The van der Waals surface area contributed by atoms with E-state index in [2.05, 4.69) is 15.9 Å². The maximum atomic E-state index is 11.2. The summed E-state index contributed by atoms with van der Waals surface area (Å²) in [4.78, 5) is 21.7. The van der Waals surface area contributed by atoms with E-state index in [1.165, 1.54) is 14.0 Å². The van der Waals surface area contributed by atoms with Crippen LogP contribution in [-0.2, 0) is 4.79 Å². The summed E-state index contributed by atoms with van der Waals surface area (Å²) in [6, 6.07) is 5.17. The van der Waals surface area contributed by atoms with E-state index in [4.69, 9.17) is 4.74 Å². The molecule has 1 rings (SSSR count). The van der Waals surface area contributed by atoms with Crippen molar-refractivity contribution in [3.05, 3.63) is 29.3 Å². The van der Waals surface area contributed by atoms with Crippen LogP contribution in [-0.4, -0.2) is 19.2 Å². The number of rotatable bonds is 4. The maximum Gasteiger partial charge on any atom is 0.154 e. The summed E-state index contributed by atoms with van der Waals surface area (Å²) in [6.45, 7) is 1.47. The predicted octanol–water partition coefficient (Wildman–Crippen LogP) is 2.53. The molecule has 1 aromatic rings. The summed E-state index contributed by atoms with van der Waals surface area (Å²) in [5.41, 5.74) is 1.05. The molecule has 3 nitrogen and oxygen atoms in total. The van der Waals surface area contributed by atoms with Crippen molar-refractivity contribution >= 4 is 28.0 Å². The number of carbonyl (C=O) groups is 2. The molecule has 0 heterocycles. The summed E-state index contributed by atoms with van der Waals surface area (Å²) in [5, 5.41) is 0. The molecule has 0 spiro atoms. The first-order chi connectivity index (χ1) is 7.11. The molecule has 0 aliphatic carbocycles. The van der Waals surface area contributed by atoms with Crippen molar-refractivity contribution in [2.75, 3.05) is 7.11 Å². The zero-order valence-corrected chi connectivity index (χ0v) is 10.1. The molecule has 1 atom stereocenters. The lowest BCUT2D eigenvalue weighted by Crippen LogP contribution is -2.05. The fourth-order valence-electron chi connectivity index (χ4n) is 1.31. The molecule has 0 aliphatic rings. The molecule has 0 bridgehead atoms. The van der Waals surface area contributed by atoms with Gasteiger partial charge in [-0.3, -0.25) is 9.59 Å². The summed E-state index contributed by atoms with van der Waals surface area (Å²) in [6.07, 6.45) is 0.700. The Kier molecular flexibility index (Phi) is 4.03. The number of ether oxygens (including phenoxy) is 1. The molecular weight excluding hydrogens is 260 g/mol. The number of ketones is 1. The van der Waals surface area contributed by atoms with Crippen molar-refractivity contribution < 1.29 is 14.3 Å². The second-order valence-corrected chi connectivity index (χ2v) is 3.97. The van der Waals surface area contributed by atoms with Crippen LogP contribution in [0.2, 0.25) is 0 Å². The van der Waals surface area contributed by atoms with E-state index in [-0.39, 0.29) is 5.78 Å². The number of halogens is 1. The molecule has 1 unspecified atom stereocenters. The fraction of sp³-hybridized carbons (Fsp3) is 0.273. The minimum absolute atomic E-state index is 0.0497. The van der Waals surface area contributed by atoms with E-state index in [9.17, 15) is 9.59 Å². The zero-order valence-electron chi connectivity index (χ0n) is 8.49. The average Bonchev–Trinajstić information content (AvgIpc) is 2.26. The van der Waals surface area contributed by atoms with E-state index in [0.29, 0.717) is 23.2 Å². The summed E-state index contributed by atoms with van der Waals surface area (Å²) < 4.78 is 5.04. The molecule has 0 saturated carbocycles. The number of aldehydes is 1. The van der Waals surface area contributed by atoms with Crippen LogP contribution in [0.25, 0.3) is 0 Å². The second kappa shape index (κ2) is 5.07. The molecule has 4 heteroatoms. The van der Waals surface area contributed by atoms with Gasteiger partial charge in [0.15, 0.2) is 6.29 Å². The van der Waals surface area contributed by atoms with Gasteiger partial charge in [-0.05, 0) is 18.6 Å². The van der Waals surface area contributed by atoms with Gasteiger partial charge in [0.1, 0.15) is 11.5 Å². The van der Waals surface area contributed by atoms with Gasteiger partial charge in [-0.25, -0.2) is 0 Å². The Bertz CT molecular complexity index is 387. The third kappa shape index (κ3) is 2.45. The van der Waals surface area contributed by atoms with Gasteiger partial charge >= 0.3 is 0 Å². The SMILES string of the molecule is COc1cccc(C(Br)C(C)=O)c1C=O. The van der Waals surface area contributed by atoms with Crippen LogP contribution >= 0.6 is 15.9 Å². The quantitative estimate of drug-likeness (QED) is 0.624. The molecule has 0 saturated heterocycles. The number of benzene rings is 1. The van der Waals surface area contributed by atoms with Crippen molar-refractivity contribution in [2.24, 2.45) is 0 Å². The van der Waals surface area contributed by atoms with Gasteiger partial charge in [0.05, 0.1) is 17.5 Å². The van der Waals surface area contributed by atoms with Crippen LogP contribution < -0.4 is 4.74 Å². The molecule has 15 heavy (non-hydrogen) atoms. The number of Topliss-reactive ketones (excluding diaryl/α,β-unsaturated/α-hetero) is 1. The van der Waals surface area contributed by atoms with Gasteiger partial charge in [-0.2, -0.15) is 0 Å². The highest BCUT2D eigenvalue weighted by molar-refractivity contribution is 9.09. The normalized spacial score (nSPS) is 11.9. The monoisotopic (exact) mass is 270 g/mol. The average molecular weight is 271 g/mol. The Morgan fingerprint density at radius 2 is 2.20 bits per heavy atom. The third-order valence-corrected chi connectivity index (χ3v) is 3.21. The fourth-order valence-corrected chi connectivity index (χ4v) is 1.70. The van der Waals surface area contributed by atoms with Gasteiger partial charge < -0.3 is 4.74 Å². The Hall–Kier alpha value is -1.16.